The number of para-hydroxylation sites is 2. The summed E-state index contributed by atoms with van der Waals surface area (Å²) in [6, 6.07) is 16.2. The molecule has 0 bridgehead atoms. The van der Waals surface area contributed by atoms with Crippen LogP contribution in [0.5, 0.6) is 0 Å². The summed E-state index contributed by atoms with van der Waals surface area (Å²) >= 11 is 0. The molecule has 0 aliphatic heterocycles. The Morgan fingerprint density at radius 1 is 1.10 bits per heavy atom. The maximum atomic E-state index is 13.3. The smallest absolute Gasteiger partial charge is 0.273 e. The van der Waals surface area contributed by atoms with Crippen LogP contribution in [0.4, 0.5) is 0 Å². The van der Waals surface area contributed by atoms with Crippen molar-refractivity contribution in [1.82, 2.24) is 14.9 Å². The molecule has 0 saturated heterocycles. The molecule has 4 rings (SSSR count). The van der Waals surface area contributed by atoms with Crippen molar-refractivity contribution < 1.29 is 4.79 Å². The van der Waals surface area contributed by atoms with Crippen LogP contribution in [0.1, 0.15) is 55.8 Å². The van der Waals surface area contributed by atoms with Crippen LogP contribution in [0, 0.1) is 12.8 Å². The van der Waals surface area contributed by atoms with Gasteiger partial charge in [0.1, 0.15) is 5.69 Å². The van der Waals surface area contributed by atoms with Gasteiger partial charge < -0.3 is 9.88 Å². The molecule has 1 aliphatic rings. The van der Waals surface area contributed by atoms with Gasteiger partial charge in [-0.3, -0.25) is 9.59 Å². The first kappa shape index (κ1) is 21.3. The fraction of sp³-hybridized carbons (Fsp3) is 0.423. The maximum Gasteiger partial charge on any atom is 0.273 e. The van der Waals surface area contributed by atoms with Crippen LogP contribution in [0.25, 0.3) is 11.0 Å². The summed E-state index contributed by atoms with van der Waals surface area (Å²) in [6.45, 7) is 4.74. The molecular formula is C26H31N3O2. The predicted octanol–water partition coefficient (Wildman–Crippen LogP) is 4.38. The Bertz CT molecular complexity index is 1120. The van der Waals surface area contributed by atoms with Gasteiger partial charge in [-0.25, -0.2) is 4.98 Å². The van der Waals surface area contributed by atoms with E-state index in [1.807, 2.05) is 24.3 Å². The minimum atomic E-state index is -0.113. The van der Waals surface area contributed by atoms with E-state index in [0.717, 1.165) is 23.0 Å². The Balaban J connectivity index is 1.55. The van der Waals surface area contributed by atoms with Crippen LogP contribution >= 0.6 is 0 Å². The standard InChI is InChI=1S/C26H31N3O2/c1-18-11-13-20(14-12-18)17-29-24-10-6-5-9-22(24)27-23(26(29)31)15-16-25(30)28-21-8-4-3-7-19(21)2/h5-6,9-14,19,21H,3-4,7-8,15-17H2,1-2H3,(H,28,30). The van der Waals surface area contributed by atoms with E-state index < -0.39 is 0 Å². The zero-order valence-electron chi connectivity index (χ0n) is 18.4. The van der Waals surface area contributed by atoms with E-state index in [1.165, 1.54) is 24.8 Å². The Hall–Kier alpha value is -2.95. The lowest BCUT2D eigenvalue weighted by molar-refractivity contribution is -0.122. The number of aryl methyl sites for hydroxylation is 2. The van der Waals surface area contributed by atoms with Gasteiger partial charge in [0.15, 0.2) is 0 Å². The van der Waals surface area contributed by atoms with Gasteiger partial charge >= 0.3 is 0 Å². The molecule has 2 unspecified atom stereocenters. The minimum absolute atomic E-state index is 0.0122. The first-order valence-electron chi connectivity index (χ1n) is 11.3. The van der Waals surface area contributed by atoms with Crippen molar-refractivity contribution in [3.8, 4) is 0 Å². The summed E-state index contributed by atoms with van der Waals surface area (Å²) in [7, 11) is 0. The van der Waals surface area contributed by atoms with Gasteiger partial charge in [0.25, 0.3) is 5.56 Å². The molecule has 5 heteroatoms. The molecule has 3 aromatic rings. The topological polar surface area (TPSA) is 64.0 Å². The predicted molar refractivity (Wildman–Crippen MR) is 124 cm³/mol. The minimum Gasteiger partial charge on any atom is -0.353 e. The van der Waals surface area contributed by atoms with Gasteiger partial charge in [0, 0.05) is 18.9 Å². The third-order valence-electron chi connectivity index (χ3n) is 6.43. The molecule has 31 heavy (non-hydrogen) atoms. The number of fused-ring (bicyclic) bond motifs is 1. The van der Waals surface area contributed by atoms with Crippen molar-refractivity contribution in [2.45, 2.75) is 65.0 Å². The Morgan fingerprint density at radius 3 is 2.61 bits per heavy atom. The van der Waals surface area contributed by atoms with E-state index in [4.69, 9.17) is 0 Å². The zero-order chi connectivity index (χ0) is 21.8. The van der Waals surface area contributed by atoms with Gasteiger partial charge in [-0.1, -0.05) is 61.7 Å². The second kappa shape index (κ2) is 9.46. The molecule has 5 nitrogen and oxygen atoms in total. The van der Waals surface area contributed by atoms with E-state index in [9.17, 15) is 9.59 Å². The number of carbonyl (C=O) groups is 1. The molecule has 1 saturated carbocycles. The number of nitrogens with one attached hydrogen (secondary N) is 1. The third-order valence-corrected chi connectivity index (χ3v) is 6.43. The number of benzene rings is 2. The maximum absolute atomic E-state index is 13.3. The normalized spacial score (nSPS) is 18.8. The zero-order valence-corrected chi connectivity index (χ0v) is 18.4. The van der Waals surface area contributed by atoms with Crippen molar-refractivity contribution in [3.05, 3.63) is 75.7 Å². The fourth-order valence-electron chi connectivity index (χ4n) is 4.48. The third kappa shape index (κ3) is 5.04. The average molecular weight is 418 g/mol. The van der Waals surface area contributed by atoms with Gasteiger partial charge in [-0.05, 0) is 43.4 Å². The molecule has 1 fully saturated rings. The number of aromatic nitrogens is 2. The molecule has 1 heterocycles. The molecule has 2 aromatic carbocycles. The van der Waals surface area contributed by atoms with Crippen molar-refractivity contribution in [2.75, 3.05) is 0 Å². The van der Waals surface area contributed by atoms with E-state index >= 15 is 0 Å². The number of hydrogen-bond donors (Lipinski definition) is 1. The summed E-state index contributed by atoms with van der Waals surface area (Å²) in [5, 5.41) is 3.18. The van der Waals surface area contributed by atoms with Crippen LogP contribution in [-0.2, 0) is 17.8 Å². The second-order valence-electron chi connectivity index (χ2n) is 8.86. The molecule has 1 aromatic heterocycles. The number of carbonyl (C=O) groups excluding carboxylic acids is 1. The van der Waals surface area contributed by atoms with Crippen LogP contribution < -0.4 is 10.9 Å². The highest BCUT2D eigenvalue weighted by Crippen LogP contribution is 2.23. The monoisotopic (exact) mass is 417 g/mol. The molecule has 2 atom stereocenters. The number of rotatable bonds is 6. The Labute approximate surface area is 183 Å². The quantitative estimate of drug-likeness (QED) is 0.647. The van der Waals surface area contributed by atoms with Gasteiger partial charge in [0.05, 0.1) is 17.6 Å². The molecule has 0 spiro atoms. The highest BCUT2D eigenvalue weighted by atomic mass is 16.1. The SMILES string of the molecule is Cc1ccc(Cn2c(=O)c(CCC(=O)NC3CCCCC3C)nc3ccccc32)cc1. The summed E-state index contributed by atoms with van der Waals surface area (Å²) in [5.74, 6) is 0.529. The van der Waals surface area contributed by atoms with Gasteiger partial charge in [-0.2, -0.15) is 0 Å². The van der Waals surface area contributed by atoms with Crippen LogP contribution in [0.3, 0.4) is 0 Å². The van der Waals surface area contributed by atoms with E-state index in [0.29, 0.717) is 24.6 Å². The number of amides is 1. The van der Waals surface area contributed by atoms with E-state index in [-0.39, 0.29) is 23.9 Å². The lowest BCUT2D eigenvalue weighted by atomic mass is 9.86. The molecule has 1 amide bonds. The summed E-state index contributed by atoms with van der Waals surface area (Å²) < 4.78 is 1.78. The summed E-state index contributed by atoms with van der Waals surface area (Å²) in [6.07, 6.45) is 5.27. The largest absolute Gasteiger partial charge is 0.353 e. The summed E-state index contributed by atoms with van der Waals surface area (Å²) in [4.78, 5) is 30.5. The number of hydrogen-bond acceptors (Lipinski definition) is 3. The Morgan fingerprint density at radius 2 is 1.84 bits per heavy atom. The molecule has 1 N–H and O–H groups in total. The van der Waals surface area contributed by atoms with E-state index in [1.54, 1.807) is 4.57 Å². The highest BCUT2D eigenvalue weighted by Gasteiger charge is 2.23. The molecular weight excluding hydrogens is 386 g/mol. The lowest BCUT2D eigenvalue weighted by Crippen LogP contribution is -2.41. The van der Waals surface area contributed by atoms with Crippen molar-refractivity contribution >= 4 is 16.9 Å². The van der Waals surface area contributed by atoms with Gasteiger partial charge in [-0.15, -0.1) is 0 Å². The van der Waals surface area contributed by atoms with Crippen LogP contribution in [0.15, 0.2) is 53.3 Å². The molecule has 1 aliphatic carbocycles. The fourth-order valence-corrected chi connectivity index (χ4v) is 4.48. The van der Waals surface area contributed by atoms with Crippen LogP contribution in [0.2, 0.25) is 0 Å². The summed E-state index contributed by atoms with van der Waals surface area (Å²) in [5.41, 5.74) is 4.20. The number of nitrogens with zero attached hydrogens (tertiary/aromatic N) is 2. The lowest BCUT2D eigenvalue weighted by Gasteiger charge is -2.29. The Kier molecular flexibility index (Phi) is 6.50. The first-order valence-corrected chi connectivity index (χ1v) is 11.3. The molecule has 0 radical (unpaired) electrons. The van der Waals surface area contributed by atoms with E-state index in [2.05, 4.69) is 48.4 Å². The second-order valence-corrected chi connectivity index (χ2v) is 8.86. The highest BCUT2D eigenvalue weighted by molar-refractivity contribution is 5.77. The van der Waals surface area contributed by atoms with Crippen molar-refractivity contribution in [3.63, 3.8) is 0 Å². The van der Waals surface area contributed by atoms with Gasteiger partial charge in [0.2, 0.25) is 5.91 Å². The first-order chi connectivity index (χ1) is 15.0. The van der Waals surface area contributed by atoms with Crippen LogP contribution in [-0.4, -0.2) is 21.5 Å². The van der Waals surface area contributed by atoms with Crippen molar-refractivity contribution in [1.29, 1.82) is 0 Å². The average Bonchev–Trinajstić information content (AvgIpc) is 2.77. The molecule has 162 valence electrons. The van der Waals surface area contributed by atoms with Crippen molar-refractivity contribution in [2.24, 2.45) is 5.92 Å².